The molecule has 3 N–H and O–H groups in total. The summed E-state index contributed by atoms with van der Waals surface area (Å²) in [4.78, 5) is 41.8. The number of fused-ring (bicyclic) bond motifs is 4. The van der Waals surface area contributed by atoms with Crippen molar-refractivity contribution in [3.63, 3.8) is 0 Å². The summed E-state index contributed by atoms with van der Waals surface area (Å²) < 4.78 is 0. The third-order valence-electron chi connectivity index (χ3n) is 7.23. The molecule has 5 rings (SSSR count). The number of para-hydroxylation sites is 1. The number of nitrogens with zero attached hydrogens (tertiary/aromatic N) is 1. The lowest BCUT2D eigenvalue weighted by Gasteiger charge is -2.30. The summed E-state index contributed by atoms with van der Waals surface area (Å²) in [5, 5.41) is 16.7. The van der Waals surface area contributed by atoms with E-state index in [2.05, 4.69) is 10.6 Å². The molecule has 32 heavy (non-hydrogen) atoms. The van der Waals surface area contributed by atoms with Crippen LogP contribution in [-0.2, 0) is 32.8 Å². The Hall–Kier alpha value is -3.03. The number of aliphatic hydroxyl groups is 1. The number of carbonyl (C=O) groups is 3. The van der Waals surface area contributed by atoms with Gasteiger partial charge in [-0.25, -0.2) is 0 Å². The van der Waals surface area contributed by atoms with E-state index in [-0.39, 0.29) is 24.3 Å². The van der Waals surface area contributed by atoms with E-state index in [0.29, 0.717) is 17.7 Å². The molecule has 2 fully saturated rings. The van der Waals surface area contributed by atoms with Crippen LogP contribution < -0.4 is 10.6 Å². The Balaban J connectivity index is 1.56. The standard InChI is InChI=1S/C25H27N3O4/c1-3-16-10-7-11-17-21(16)26-24(32)25(17)19-18(20(27-25)14(2)29)22(30)28(23(19)31)13-12-15-8-5-4-6-9-15/h4-11,14,18-20,27,29H,3,12-13H2,1-2H3,(H,26,32)/t14-,18-,19-,20+,25+/m0/s1. The first-order valence-electron chi connectivity index (χ1n) is 11.2. The van der Waals surface area contributed by atoms with E-state index < -0.39 is 29.5 Å². The van der Waals surface area contributed by atoms with Gasteiger partial charge in [0.05, 0.1) is 17.9 Å². The lowest BCUT2D eigenvalue weighted by atomic mass is 9.76. The van der Waals surface area contributed by atoms with Gasteiger partial charge >= 0.3 is 0 Å². The maximum Gasteiger partial charge on any atom is 0.250 e. The number of amides is 3. The molecule has 2 saturated heterocycles. The smallest absolute Gasteiger partial charge is 0.250 e. The van der Waals surface area contributed by atoms with Crippen molar-refractivity contribution in [1.29, 1.82) is 0 Å². The molecule has 7 nitrogen and oxygen atoms in total. The predicted octanol–water partition coefficient (Wildman–Crippen LogP) is 1.59. The molecule has 2 aromatic carbocycles. The maximum absolute atomic E-state index is 13.7. The number of carbonyl (C=O) groups excluding carboxylic acids is 3. The number of aliphatic hydroxyl groups excluding tert-OH is 1. The van der Waals surface area contributed by atoms with Crippen LogP contribution in [0.3, 0.4) is 0 Å². The average molecular weight is 434 g/mol. The van der Waals surface area contributed by atoms with Crippen molar-refractivity contribution in [2.45, 2.75) is 44.4 Å². The van der Waals surface area contributed by atoms with Crippen LogP contribution in [0.25, 0.3) is 0 Å². The van der Waals surface area contributed by atoms with Crippen LogP contribution in [0.4, 0.5) is 5.69 Å². The van der Waals surface area contributed by atoms with Crippen molar-refractivity contribution in [2.24, 2.45) is 11.8 Å². The Morgan fingerprint density at radius 1 is 1.06 bits per heavy atom. The number of hydrogen-bond donors (Lipinski definition) is 3. The van der Waals surface area contributed by atoms with Gasteiger partial charge in [-0.2, -0.15) is 0 Å². The summed E-state index contributed by atoms with van der Waals surface area (Å²) in [6.07, 6.45) is 0.364. The van der Waals surface area contributed by atoms with Crippen molar-refractivity contribution in [1.82, 2.24) is 10.2 Å². The molecule has 1 spiro atoms. The second-order valence-electron chi connectivity index (χ2n) is 8.93. The number of benzene rings is 2. The fraction of sp³-hybridized carbons (Fsp3) is 0.400. The summed E-state index contributed by atoms with van der Waals surface area (Å²) in [5.41, 5.74) is 2.04. The van der Waals surface area contributed by atoms with Gasteiger partial charge in [0.15, 0.2) is 0 Å². The van der Waals surface area contributed by atoms with Crippen molar-refractivity contribution < 1.29 is 19.5 Å². The number of imide groups is 1. The van der Waals surface area contributed by atoms with Gasteiger partial charge in [-0.3, -0.25) is 24.6 Å². The monoisotopic (exact) mass is 433 g/mol. The normalized spacial score (nSPS) is 29.4. The van der Waals surface area contributed by atoms with Crippen LogP contribution in [0.1, 0.15) is 30.5 Å². The number of likely N-dealkylation sites (tertiary alicyclic amines) is 1. The Bertz CT molecular complexity index is 1100. The minimum Gasteiger partial charge on any atom is -0.392 e. The molecule has 0 saturated carbocycles. The van der Waals surface area contributed by atoms with Gasteiger partial charge in [-0.05, 0) is 30.9 Å². The van der Waals surface area contributed by atoms with Crippen molar-refractivity contribution in [3.05, 3.63) is 65.2 Å². The first-order valence-corrected chi connectivity index (χ1v) is 11.2. The van der Waals surface area contributed by atoms with Gasteiger partial charge in [-0.1, -0.05) is 55.5 Å². The molecule has 0 bridgehead atoms. The highest BCUT2D eigenvalue weighted by Crippen LogP contribution is 2.53. The fourth-order valence-electron chi connectivity index (χ4n) is 5.69. The van der Waals surface area contributed by atoms with E-state index in [1.807, 2.05) is 55.5 Å². The quantitative estimate of drug-likeness (QED) is 0.622. The fourth-order valence-corrected chi connectivity index (χ4v) is 5.69. The SMILES string of the molecule is CCc1cccc2c1NC(=O)[C@@]21N[C@H]([C@H](C)O)[C@H]2C(=O)N(CCc3ccccc3)C(=O)[C@H]21. The summed E-state index contributed by atoms with van der Waals surface area (Å²) in [6, 6.07) is 14.6. The Kier molecular flexibility index (Phi) is 4.91. The molecule has 3 aliphatic rings. The zero-order valence-electron chi connectivity index (χ0n) is 18.2. The van der Waals surface area contributed by atoms with E-state index in [4.69, 9.17) is 0 Å². The van der Waals surface area contributed by atoms with Crippen LogP contribution in [0.2, 0.25) is 0 Å². The van der Waals surface area contributed by atoms with Crippen molar-refractivity contribution in [2.75, 3.05) is 11.9 Å². The minimum atomic E-state index is -1.36. The molecule has 166 valence electrons. The summed E-state index contributed by atoms with van der Waals surface area (Å²) >= 11 is 0. The van der Waals surface area contributed by atoms with Crippen LogP contribution in [0.5, 0.6) is 0 Å². The second-order valence-corrected chi connectivity index (χ2v) is 8.93. The van der Waals surface area contributed by atoms with E-state index in [9.17, 15) is 19.5 Å². The van der Waals surface area contributed by atoms with Crippen molar-refractivity contribution >= 4 is 23.4 Å². The number of nitrogens with one attached hydrogen (secondary N) is 2. The van der Waals surface area contributed by atoms with Gasteiger partial charge in [0.2, 0.25) is 17.7 Å². The zero-order valence-corrected chi connectivity index (χ0v) is 18.2. The van der Waals surface area contributed by atoms with Crippen LogP contribution in [-0.4, -0.2) is 46.4 Å². The number of aryl methyl sites for hydroxylation is 1. The van der Waals surface area contributed by atoms with E-state index in [0.717, 1.165) is 17.5 Å². The molecule has 0 aliphatic carbocycles. The van der Waals surface area contributed by atoms with Crippen LogP contribution in [0.15, 0.2) is 48.5 Å². The molecule has 3 heterocycles. The Morgan fingerprint density at radius 3 is 2.50 bits per heavy atom. The highest BCUT2D eigenvalue weighted by Gasteiger charge is 2.71. The highest BCUT2D eigenvalue weighted by atomic mass is 16.3. The lowest BCUT2D eigenvalue weighted by molar-refractivity contribution is -0.143. The summed E-state index contributed by atoms with van der Waals surface area (Å²) in [6.45, 7) is 3.85. The minimum absolute atomic E-state index is 0.251. The Labute approximate surface area is 186 Å². The van der Waals surface area contributed by atoms with Gasteiger partial charge in [0.25, 0.3) is 0 Å². The predicted molar refractivity (Wildman–Crippen MR) is 119 cm³/mol. The molecule has 3 amide bonds. The van der Waals surface area contributed by atoms with E-state index >= 15 is 0 Å². The number of anilines is 1. The zero-order chi connectivity index (χ0) is 22.6. The van der Waals surface area contributed by atoms with Gasteiger partial charge in [-0.15, -0.1) is 0 Å². The van der Waals surface area contributed by atoms with Crippen molar-refractivity contribution in [3.8, 4) is 0 Å². The van der Waals surface area contributed by atoms with E-state index in [1.54, 1.807) is 6.92 Å². The molecule has 3 aliphatic heterocycles. The van der Waals surface area contributed by atoms with Crippen LogP contribution in [0, 0.1) is 11.8 Å². The molecule has 0 radical (unpaired) electrons. The Morgan fingerprint density at radius 2 is 1.81 bits per heavy atom. The third-order valence-corrected chi connectivity index (χ3v) is 7.23. The summed E-state index contributed by atoms with van der Waals surface area (Å²) in [5.74, 6) is -2.69. The molecule has 0 unspecified atom stereocenters. The molecule has 0 aromatic heterocycles. The van der Waals surface area contributed by atoms with Gasteiger partial charge < -0.3 is 10.4 Å². The summed E-state index contributed by atoms with van der Waals surface area (Å²) in [7, 11) is 0. The largest absolute Gasteiger partial charge is 0.392 e. The molecular weight excluding hydrogens is 406 g/mol. The second kappa shape index (κ2) is 7.53. The molecular formula is C25H27N3O4. The average Bonchev–Trinajstić information content (AvgIpc) is 3.38. The molecule has 5 atom stereocenters. The van der Waals surface area contributed by atoms with E-state index in [1.165, 1.54) is 4.90 Å². The first-order chi connectivity index (χ1) is 15.4. The van der Waals surface area contributed by atoms with Gasteiger partial charge in [0.1, 0.15) is 5.54 Å². The topological polar surface area (TPSA) is 98.7 Å². The lowest BCUT2D eigenvalue weighted by Crippen LogP contribution is -2.54. The van der Waals surface area contributed by atoms with Crippen LogP contribution >= 0.6 is 0 Å². The number of hydrogen-bond acceptors (Lipinski definition) is 5. The molecule has 7 heteroatoms. The third kappa shape index (κ3) is 2.77. The van der Waals surface area contributed by atoms with Gasteiger partial charge in [0, 0.05) is 23.8 Å². The number of rotatable bonds is 5. The maximum atomic E-state index is 13.7. The highest BCUT2D eigenvalue weighted by molar-refractivity contribution is 6.15. The molecule has 2 aromatic rings. The first kappa shape index (κ1) is 20.8.